The summed E-state index contributed by atoms with van der Waals surface area (Å²) in [5.74, 6) is -0.154. The summed E-state index contributed by atoms with van der Waals surface area (Å²) in [7, 11) is 1.87. The van der Waals surface area contributed by atoms with Gasteiger partial charge in [-0.25, -0.2) is 4.98 Å². The molecule has 1 N–H and O–H groups in total. The van der Waals surface area contributed by atoms with Crippen LogP contribution in [0, 0.1) is 6.92 Å². The Balaban J connectivity index is 2.05. The molecule has 6 heteroatoms. The SMILES string of the molecule is Cc1c(CNC(=O)c2cccnc2Br)cnn1C. The normalized spacial score (nSPS) is 10.4. The van der Waals surface area contributed by atoms with E-state index in [2.05, 4.69) is 31.3 Å². The van der Waals surface area contributed by atoms with Crippen LogP contribution in [0.1, 0.15) is 21.6 Å². The van der Waals surface area contributed by atoms with Crippen molar-refractivity contribution >= 4 is 21.8 Å². The summed E-state index contributed by atoms with van der Waals surface area (Å²) in [5.41, 5.74) is 2.57. The van der Waals surface area contributed by atoms with Crippen molar-refractivity contribution in [2.24, 2.45) is 7.05 Å². The zero-order valence-electron chi connectivity index (χ0n) is 10.1. The van der Waals surface area contributed by atoms with Crippen LogP contribution < -0.4 is 5.32 Å². The van der Waals surface area contributed by atoms with Gasteiger partial charge in [0.2, 0.25) is 0 Å². The summed E-state index contributed by atoms with van der Waals surface area (Å²) in [6.45, 7) is 2.42. The lowest BCUT2D eigenvalue weighted by atomic mass is 10.2. The highest BCUT2D eigenvalue weighted by Gasteiger charge is 2.11. The molecule has 0 bridgehead atoms. The highest BCUT2D eigenvalue weighted by atomic mass is 79.9. The molecule has 0 spiro atoms. The first-order valence-electron chi connectivity index (χ1n) is 5.46. The number of rotatable bonds is 3. The Hall–Kier alpha value is -1.69. The number of hydrogen-bond donors (Lipinski definition) is 1. The number of nitrogens with zero attached hydrogens (tertiary/aromatic N) is 3. The van der Waals surface area contributed by atoms with Crippen molar-refractivity contribution in [3.05, 3.63) is 46.0 Å². The Morgan fingerprint density at radius 2 is 2.33 bits per heavy atom. The molecule has 2 aromatic heterocycles. The molecule has 1 amide bonds. The van der Waals surface area contributed by atoms with Crippen LogP contribution in [-0.4, -0.2) is 20.7 Å². The first-order chi connectivity index (χ1) is 8.59. The first-order valence-corrected chi connectivity index (χ1v) is 6.25. The van der Waals surface area contributed by atoms with Gasteiger partial charge in [-0.05, 0) is 35.0 Å². The van der Waals surface area contributed by atoms with Crippen molar-refractivity contribution in [2.75, 3.05) is 0 Å². The van der Waals surface area contributed by atoms with Crippen LogP contribution >= 0.6 is 15.9 Å². The molecule has 18 heavy (non-hydrogen) atoms. The quantitative estimate of drug-likeness (QED) is 0.880. The first kappa shape index (κ1) is 12.8. The average molecular weight is 309 g/mol. The lowest BCUT2D eigenvalue weighted by Gasteiger charge is -2.06. The molecule has 0 aliphatic carbocycles. The van der Waals surface area contributed by atoms with Crippen LogP contribution in [0.4, 0.5) is 0 Å². The summed E-state index contributed by atoms with van der Waals surface area (Å²) in [6.07, 6.45) is 3.39. The summed E-state index contributed by atoms with van der Waals surface area (Å²) in [4.78, 5) is 16.0. The van der Waals surface area contributed by atoms with Crippen LogP contribution in [0.2, 0.25) is 0 Å². The third kappa shape index (κ3) is 2.59. The molecule has 0 radical (unpaired) electrons. The van der Waals surface area contributed by atoms with Crippen molar-refractivity contribution in [1.29, 1.82) is 0 Å². The number of amides is 1. The number of halogens is 1. The van der Waals surface area contributed by atoms with Gasteiger partial charge in [-0.1, -0.05) is 0 Å². The molecule has 0 aromatic carbocycles. The monoisotopic (exact) mass is 308 g/mol. The topological polar surface area (TPSA) is 59.8 Å². The van der Waals surface area contributed by atoms with E-state index in [1.54, 1.807) is 29.2 Å². The van der Waals surface area contributed by atoms with E-state index in [0.717, 1.165) is 11.3 Å². The fourth-order valence-corrected chi connectivity index (χ4v) is 1.97. The van der Waals surface area contributed by atoms with Gasteiger partial charge in [0.1, 0.15) is 4.60 Å². The molecule has 0 saturated carbocycles. The van der Waals surface area contributed by atoms with Crippen LogP contribution in [0.25, 0.3) is 0 Å². The molecule has 0 fully saturated rings. The van der Waals surface area contributed by atoms with E-state index >= 15 is 0 Å². The molecular weight excluding hydrogens is 296 g/mol. The predicted molar refractivity (Wildman–Crippen MR) is 71.1 cm³/mol. The summed E-state index contributed by atoms with van der Waals surface area (Å²) >= 11 is 3.25. The minimum atomic E-state index is -0.154. The van der Waals surface area contributed by atoms with Gasteiger partial charge in [0, 0.05) is 31.0 Å². The van der Waals surface area contributed by atoms with Gasteiger partial charge >= 0.3 is 0 Å². The number of carbonyl (C=O) groups excluding carboxylic acids is 1. The second-order valence-electron chi connectivity index (χ2n) is 3.90. The summed E-state index contributed by atoms with van der Waals surface area (Å²) in [6, 6.07) is 3.46. The van der Waals surface area contributed by atoms with Gasteiger partial charge in [-0.2, -0.15) is 5.10 Å². The van der Waals surface area contributed by atoms with Crippen LogP contribution in [0.3, 0.4) is 0 Å². The molecular formula is C12H13BrN4O. The van der Waals surface area contributed by atoms with Gasteiger partial charge in [0.25, 0.3) is 5.91 Å². The minimum absolute atomic E-state index is 0.154. The molecule has 2 heterocycles. The Morgan fingerprint density at radius 3 is 2.94 bits per heavy atom. The number of carbonyl (C=O) groups is 1. The Morgan fingerprint density at radius 1 is 1.56 bits per heavy atom. The van der Waals surface area contributed by atoms with E-state index < -0.39 is 0 Å². The highest BCUT2D eigenvalue weighted by Crippen LogP contribution is 2.12. The maximum atomic E-state index is 11.9. The van der Waals surface area contributed by atoms with E-state index in [0.29, 0.717) is 16.7 Å². The van der Waals surface area contributed by atoms with Crippen molar-refractivity contribution in [2.45, 2.75) is 13.5 Å². The molecule has 0 aliphatic rings. The van der Waals surface area contributed by atoms with E-state index in [1.165, 1.54) is 0 Å². The van der Waals surface area contributed by atoms with E-state index in [-0.39, 0.29) is 5.91 Å². The third-order valence-corrected chi connectivity index (χ3v) is 3.41. The van der Waals surface area contributed by atoms with Crippen molar-refractivity contribution in [3.8, 4) is 0 Å². The van der Waals surface area contributed by atoms with Gasteiger partial charge in [-0.15, -0.1) is 0 Å². The molecule has 2 aromatic rings. The van der Waals surface area contributed by atoms with E-state index in [4.69, 9.17) is 0 Å². The Kier molecular flexibility index (Phi) is 3.76. The number of aromatic nitrogens is 3. The Labute approximate surface area is 113 Å². The standard InChI is InChI=1S/C12H13BrN4O/c1-8-9(7-16-17(8)2)6-15-12(18)10-4-3-5-14-11(10)13/h3-5,7H,6H2,1-2H3,(H,15,18). The third-order valence-electron chi connectivity index (χ3n) is 2.78. The largest absolute Gasteiger partial charge is 0.348 e. The zero-order chi connectivity index (χ0) is 13.1. The van der Waals surface area contributed by atoms with Crippen molar-refractivity contribution in [1.82, 2.24) is 20.1 Å². The molecule has 2 rings (SSSR count). The van der Waals surface area contributed by atoms with Crippen LogP contribution in [0.5, 0.6) is 0 Å². The lowest BCUT2D eigenvalue weighted by Crippen LogP contribution is -2.23. The average Bonchev–Trinajstić information content (AvgIpc) is 2.68. The smallest absolute Gasteiger partial charge is 0.254 e. The number of aryl methyl sites for hydroxylation is 1. The maximum absolute atomic E-state index is 11.9. The van der Waals surface area contributed by atoms with Gasteiger partial charge in [0.15, 0.2) is 0 Å². The maximum Gasteiger partial charge on any atom is 0.254 e. The van der Waals surface area contributed by atoms with E-state index in [9.17, 15) is 4.79 Å². The van der Waals surface area contributed by atoms with Crippen LogP contribution in [-0.2, 0) is 13.6 Å². The molecule has 5 nitrogen and oxygen atoms in total. The van der Waals surface area contributed by atoms with Crippen molar-refractivity contribution < 1.29 is 4.79 Å². The Bertz CT molecular complexity index is 579. The fourth-order valence-electron chi connectivity index (χ4n) is 1.54. The highest BCUT2D eigenvalue weighted by molar-refractivity contribution is 9.10. The van der Waals surface area contributed by atoms with Gasteiger partial charge < -0.3 is 5.32 Å². The second-order valence-corrected chi connectivity index (χ2v) is 4.65. The molecule has 0 aliphatic heterocycles. The molecule has 0 atom stereocenters. The van der Waals surface area contributed by atoms with Crippen LogP contribution in [0.15, 0.2) is 29.1 Å². The van der Waals surface area contributed by atoms with E-state index in [1.807, 2.05) is 14.0 Å². The van der Waals surface area contributed by atoms with Gasteiger partial charge in [-0.3, -0.25) is 9.48 Å². The summed E-state index contributed by atoms with van der Waals surface area (Å²) < 4.78 is 2.33. The molecule has 0 saturated heterocycles. The number of hydrogen-bond acceptors (Lipinski definition) is 3. The molecule has 94 valence electrons. The number of nitrogens with one attached hydrogen (secondary N) is 1. The summed E-state index contributed by atoms with van der Waals surface area (Å²) in [5, 5.41) is 6.98. The lowest BCUT2D eigenvalue weighted by molar-refractivity contribution is 0.0949. The second kappa shape index (κ2) is 5.30. The fraction of sp³-hybridized carbons (Fsp3) is 0.250. The van der Waals surface area contributed by atoms with Gasteiger partial charge in [0.05, 0.1) is 11.8 Å². The molecule has 0 unspecified atom stereocenters. The number of pyridine rings is 1. The minimum Gasteiger partial charge on any atom is -0.348 e. The predicted octanol–water partition coefficient (Wildman–Crippen LogP) is 1.82. The zero-order valence-corrected chi connectivity index (χ0v) is 11.7. The van der Waals surface area contributed by atoms with Crippen molar-refractivity contribution in [3.63, 3.8) is 0 Å².